The third-order valence-electron chi connectivity index (χ3n) is 7.22. The lowest BCUT2D eigenvalue weighted by molar-refractivity contribution is -0.152. The first-order chi connectivity index (χ1) is 17.0. The Balaban J connectivity index is 1.96. The molecule has 7 N–H and O–H groups in total. The van der Waals surface area contributed by atoms with Crippen molar-refractivity contribution in [1.29, 1.82) is 0 Å². The van der Waals surface area contributed by atoms with Crippen LogP contribution in [0.5, 0.6) is 0 Å². The summed E-state index contributed by atoms with van der Waals surface area (Å²) in [4.78, 5) is 55.4. The van der Waals surface area contributed by atoms with E-state index in [1.165, 1.54) is 23.6 Å². The Kier molecular flexibility index (Phi) is 8.70. The second kappa shape index (κ2) is 11.4. The van der Waals surface area contributed by atoms with Crippen molar-refractivity contribution < 1.29 is 29.4 Å². The second-order valence-corrected chi connectivity index (χ2v) is 9.84. The van der Waals surface area contributed by atoms with E-state index in [1.807, 2.05) is 30.3 Å². The van der Waals surface area contributed by atoms with Crippen LogP contribution in [-0.2, 0) is 25.6 Å². The zero-order valence-corrected chi connectivity index (χ0v) is 20.8. The molecule has 2 aliphatic heterocycles. The normalized spacial score (nSPS) is 25.2. The first kappa shape index (κ1) is 27.6. The summed E-state index contributed by atoms with van der Waals surface area (Å²) in [7, 11) is 0. The molecule has 0 bridgehead atoms. The Hall–Kier alpha value is -3.02. The van der Waals surface area contributed by atoms with Gasteiger partial charge in [-0.3, -0.25) is 19.2 Å². The highest BCUT2D eigenvalue weighted by atomic mass is 16.3. The van der Waals surface area contributed by atoms with Crippen LogP contribution < -0.4 is 16.8 Å². The number of benzene rings is 1. The zero-order chi connectivity index (χ0) is 26.6. The molecule has 0 radical (unpaired) electrons. The van der Waals surface area contributed by atoms with Crippen molar-refractivity contribution in [3.8, 4) is 0 Å². The van der Waals surface area contributed by atoms with E-state index in [4.69, 9.17) is 11.5 Å². The summed E-state index contributed by atoms with van der Waals surface area (Å²) in [6, 6.07) is 5.92. The first-order valence-corrected chi connectivity index (χ1v) is 12.4. The molecule has 1 aromatic rings. The fourth-order valence-corrected chi connectivity index (χ4v) is 5.20. The molecule has 3 unspecified atom stereocenters. The number of amides is 4. The Morgan fingerprint density at radius 1 is 1.08 bits per heavy atom. The molecule has 2 saturated heterocycles. The van der Waals surface area contributed by atoms with Gasteiger partial charge in [-0.2, -0.15) is 0 Å². The maximum atomic E-state index is 13.9. The van der Waals surface area contributed by atoms with Gasteiger partial charge in [-0.05, 0) is 45.1 Å². The summed E-state index contributed by atoms with van der Waals surface area (Å²) < 4.78 is 0. The van der Waals surface area contributed by atoms with Gasteiger partial charge in [0.1, 0.15) is 23.7 Å². The molecule has 3 rings (SSSR count). The van der Waals surface area contributed by atoms with Crippen molar-refractivity contribution in [1.82, 2.24) is 15.1 Å². The van der Waals surface area contributed by atoms with Crippen LogP contribution in [0.4, 0.5) is 0 Å². The summed E-state index contributed by atoms with van der Waals surface area (Å²) >= 11 is 0. The van der Waals surface area contributed by atoms with E-state index in [2.05, 4.69) is 5.32 Å². The summed E-state index contributed by atoms with van der Waals surface area (Å²) in [6.45, 7) is 3.39. The number of nitrogens with two attached hydrogens (primary N) is 2. The molecule has 198 valence electrons. The van der Waals surface area contributed by atoms with Gasteiger partial charge in [-0.25, -0.2) is 0 Å². The quantitative estimate of drug-likeness (QED) is 0.276. The molecular formula is C25H37N5O6. The number of hydrogen-bond acceptors (Lipinski definition) is 7. The number of primary amides is 1. The topological polar surface area (TPSA) is 179 Å². The van der Waals surface area contributed by atoms with Gasteiger partial charge in [0.05, 0.1) is 12.2 Å². The molecule has 11 nitrogen and oxygen atoms in total. The Labute approximate surface area is 210 Å². The molecule has 0 aromatic heterocycles. The summed E-state index contributed by atoms with van der Waals surface area (Å²) in [5.74, 6) is -2.36. The van der Waals surface area contributed by atoms with Gasteiger partial charge in [-0.1, -0.05) is 30.3 Å². The van der Waals surface area contributed by atoms with Crippen molar-refractivity contribution in [2.45, 2.75) is 81.8 Å². The molecule has 4 amide bonds. The van der Waals surface area contributed by atoms with Gasteiger partial charge in [-0.15, -0.1) is 0 Å². The maximum absolute atomic E-state index is 13.9. The number of aliphatic hydroxyl groups is 2. The number of carbonyl (C=O) groups is 4. The van der Waals surface area contributed by atoms with E-state index < -0.39 is 53.6 Å². The lowest BCUT2D eigenvalue weighted by Crippen LogP contribution is -2.65. The first-order valence-electron chi connectivity index (χ1n) is 12.4. The van der Waals surface area contributed by atoms with E-state index in [1.54, 1.807) is 0 Å². The minimum absolute atomic E-state index is 0.185. The van der Waals surface area contributed by atoms with Crippen LogP contribution in [0.3, 0.4) is 0 Å². The number of nitrogens with one attached hydrogen (secondary N) is 1. The van der Waals surface area contributed by atoms with E-state index in [0.717, 1.165) is 5.56 Å². The van der Waals surface area contributed by atoms with Gasteiger partial charge in [0.2, 0.25) is 23.6 Å². The predicted molar refractivity (Wildman–Crippen MR) is 131 cm³/mol. The molecule has 6 atom stereocenters. The van der Waals surface area contributed by atoms with Gasteiger partial charge < -0.3 is 36.8 Å². The van der Waals surface area contributed by atoms with Gasteiger partial charge in [0, 0.05) is 19.5 Å². The van der Waals surface area contributed by atoms with Crippen LogP contribution in [0.15, 0.2) is 30.3 Å². The lowest BCUT2D eigenvalue weighted by Gasteiger charge is -2.41. The third kappa shape index (κ3) is 5.53. The van der Waals surface area contributed by atoms with Crippen LogP contribution in [0, 0.1) is 0 Å². The van der Waals surface area contributed by atoms with E-state index in [-0.39, 0.29) is 18.9 Å². The van der Waals surface area contributed by atoms with Crippen molar-refractivity contribution in [3.63, 3.8) is 0 Å². The zero-order valence-electron chi connectivity index (χ0n) is 20.8. The number of carbonyl (C=O) groups excluding carboxylic acids is 4. The fraction of sp³-hybridized carbons (Fsp3) is 0.600. The van der Waals surface area contributed by atoms with Gasteiger partial charge >= 0.3 is 0 Å². The Morgan fingerprint density at radius 3 is 2.33 bits per heavy atom. The highest BCUT2D eigenvalue weighted by molar-refractivity contribution is 5.98. The molecule has 0 spiro atoms. The minimum atomic E-state index is -1.34. The molecule has 2 fully saturated rings. The number of aliphatic hydroxyl groups excluding tert-OH is 2. The Morgan fingerprint density at radius 2 is 1.75 bits per heavy atom. The smallest absolute Gasteiger partial charge is 0.247 e. The van der Waals surface area contributed by atoms with Gasteiger partial charge in [0.15, 0.2) is 0 Å². The van der Waals surface area contributed by atoms with E-state index in [9.17, 15) is 29.4 Å². The monoisotopic (exact) mass is 503 g/mol. The van der Waals surface area contributed by atoms with Crippen molar-refractivity contribution in [2.24, 2.45) is 11.5 Å². The minimum Gasteiger partial charge on any atom is -0.391 e. The molecule has 2 heterocycles. The maximum Gasteiger partial charge on any atom is 0.247 e. The number of hydrogen-bond donors (Lipinski definition) is 5. The van der Waals surface area contributed by atoms with Crippen molar-refractivity contribution in [2.75, 3.05) is 13.1 Å². The molecule has 0 aliphatic carbocycles. The summed E-state index contributed by atoms with van der Waals surface area (Å²) in [6.07, 6.45) is -0.246. The predicted octanol–water partition coefficient (Wildman–Crippen LogP) is -1.36. The number of likely N-dealkylation sites (tertiary alicyclic amines) is 2. The average molecular weight is 504 g/mol. The molecule has 36 heavy (non-hydrogen) atoms. The number of nitrogens with zero attached hydrogens (tertiary/aromatic N) is 2. The summed E-state index contributed by atoms with van der Waals surface area (Å²) in [5, 5.41) is 22.4. The van der Waals surface area contributed by atoms with Crippen LogP contribution in [0.1, 0.15) is 45.1 Å². The second-order valence-electron chi connectivity index (χ2n) is 9.84. The van der Waals surface area contributed by atoms with Crippen LogP contribution in [-0.4, -0.2) is 92.6 Å². The van der Waals surface area contributed by atoms with Crippen molar-refractivity contribution >= 4 is 23.6 Å². The van der Waals surface area contributed by atoms with Crippen LogP contribution in [0.2, 0.25) is 0 Å². The highest BCUT2D eigenvalue weighted by Crippen LogP contribution is 2.36. The molecule has 1 aromatic carbocycles. The average Bonchev–Trinajstić information content (AvgIpc) is 3.49. The number of rotatable bonds is 9. The van der Waals surface area contributed by atoms with Crippen LogP contribution in [0.25, 0.3) is 0 Å². The standard InChI is InChI=1S/C25H37N5O6/c1-15(31)19(26)23(35)29-12-6-10-18(29)22(34)30-13-7-11-25(30,14-17-8-4-3-5-9-17)24(36)28-20(16(2)32)21(27)33/h3-5,8-9,15-16,18-20,31-32H,6-7,10-14,26H2,1-2H3,(H2,27,33)(H,28,36)/t15-,16?,18+,19+,20?,25?/m1/s1. The molecular weight excluding hydrogens is 466 g/mol. The highest BCUT2D eigenvalue weighted by Gasteiger charge is 2.53. The van der Waals surface area contributed by atoms with Crippen molar-refractivity contribution in [3.05, 3.63) is 35.9 Å². The molecule has 0 saturated carbocycles. The molecule has 11 heteroatoms. The Bertz CT molecular complexity index is 971. The summed E-state index contributed by atoms with van der Waals surface area (Å²) in [5.41, 5.74) is 10.8. The van der Waals surface area contributed by atoms with E-state index >= 15 is 0 Å². The van der Waals surface area contributed by atoms with E-state index in [0.29, 0.717) is 32.2 Å². The van der Waals surface area contributed by atoms with Gasteiger partial charge in [0.25, 0.3) is 0 Å². The molecule has 2 aliphatic rings. The lowest BCUT2D eigenvalue weighted by atomic mass is 9.86. The fourth-order valence-electron chi connectivity index (χ4n) is 5.20. The largest absolute Gasteiger partial charge is 0.391 e. The SMILES string of the molecule is CC(O)C(NC(=O)C1(Cc2ccccc2)CCCN1C(=O)[C@@H]1CCCN1C(=O)[C@@H](N)[C@@H](C)O)C(N)=O. The van der Waals surface area contributed by atoms with Crippen LogP contribution >= 0.6 is 0 Å². The third-order valence-corrected chi connectivity index (χ3v) is 7.22.